The van der Waals surface area contributed by atoms with E-state index in [9.17, 15) is 0 Å². The van der Waals surface area contributed by atoms with Gasteiger partial charge in [0, 0.05) is 14.2 Å². The third-order valence-electron chi connectivity index (χ3n) is 3.56. The van der Waals surface area contributed by atoms with Crippen molar-refractivity contribution in [1.29, 1.82) is 0 Å². The molecule has 0 saturated carbocycles. The maximum Gasteiger partial charge on any atom is 0.183 e. The Bertz CT molecular complexity index is 609. The molecule has 118 valence electrons. The Labute approximate surface area is 130 Å². The summed E-state index contributed by atoms with van der Waals surface area (Å²) in [6, 6.07) is 9.98. The average Bonchev–Trinajstić information content (AvgIpc) is 2.97. The van der Waals surface area contributed by atoms with Crippen molar-refractivity contribution in [2.45, 2.75) is 33.0 Å². The van der Waals surface area contributed by atoms with Crippen molar-refractivity contribution in [3.05, 3.63) is 47.5 Å². The standard InChI is InChI=1S/C16H22N4O2/c1-11(14-9-7-6-8-10-14)19-20-15(12(2)21-4)17-18-16(20)13(3)22-5/h6-10,12-13H,1-5H3/b19-11+/t12-,13-/m0/s1. The van der Waals surface area contributed by atoms with Crippen molar-refractivity contribution in [1.82, 2.24) is 14.9 Å². The van der Waals surface area contributed by atoms with E-state index in [0.29, 0.717) is 11.6 Å². The molecule has 0 unspecified atom stereocenters. The molecule has 6 heteroatoms. The molecule has 0 aliphatic heterocycles. The number of rotatable bonds is 6. The highest BCUT2D eigenvalue weighted by Crippen LogP contribution is 2.21. The van der Waals surface area contributed by atoms with Gasteiger partial charge in [0.25, 0.3) is 0 Å². The SMILES string of the molecule is CO[C@@H](C)c1nnc([C@H](C)OC)n1/N=C(\C)c1ccccc1. The van der Waals surface area contributed by atoms with Gasteiger partial charge in [-0.15, -0.1) is 10.2 Å². The second-order valence-corrected chi connectivity index (χ2v) is 5.04. The maximum atomic E-state index is 5.36. The van der Waals surface area contributed by atoms with Gasteiger partial charge in [-0.1, -0.05) is 30.3 Å². The molecule has 0 fully saturated rings. The zero-order chi connectivity index (χ0) is 16.1. The van der Waals surface area contributed by atoms with E-state index in [-0.39, 0.29) is 12.2 Å². The lowest BCUT2D eigenvalue weighted by Crippen LogP contribution is -2.12. The number of benzene rings is 1. The van der Waals surface area contributed by atoms with Gasteiger partial charge >= 0.3 is 0 Å². The van der Waals surface area contributed by atoms with Gasteiger partial charge in [0.15, 0.2) is 11.6 Å². The lowest BCUT2D eigenvalue weighted by atomic mass is 10.1. The minimum atomic E-state index is -0.211. The van der Waals surface area contributed by atoms with Crippen LogP contribution in [0.2, 0.25) is 0 Å². The fourth-order valence-electron chi connectivity index (χ4n) is 2.01. The molecule has 0 bridgehead atoms. The minimum absolute atomic E-state index is 0.211. The monoisotopic (exact) mass is 302 g/mol. The van der Waals surface area contributed by atoms with Crippen LogP contribution in [0.3, 0.4) is 0 Å². The van der Waals surface area contributed by atoms with Crippen LogP contribution in [0, 0.1) is 0 Å². The number of nitrogens with zero attached hydrogens (tertiary/aromatic N) is 4. The quantitative estimate of drug-likeness (QED) is 0.770. The molecule has 2 atom stereocenters. The normalized spacial score (nSPS) is 14.9. The van der Waals surface area contributed by atoms with E-state index in [2.05, 4.69) is 15.3 Å². The molecule has 22 heavy (non-hydrogen) atoms. The lowest BCUT2D eigenvalue weighted by molar-refractivity contribution is 0.101. The molecular weight excluding hydrogens is 280 g/mol. The minimum Gasteiger partial charge on any atom is -0.374 e. The lowest BCUT2D eigenvalue weighted by Gasteiger charge is -2.13. The van der Waals surface area contributed by atoms with Gasteiger partial charge in [0.2, 0.25) is 0 Å². The number of methoxy groups -OCH3 is 2. The van der Waals surface area contributed by atoms with Gasteiger partial charge in [-0.05, 0) is 26.3 Å². The Kier molecular flexibility index (Phi) is 5.41. The fraction of sp³-hybridized carbons (Fsp3) is 0.438. The van der Waals surface area contributed by atoms with Gasteiger partial charge in [-0.2, -0.15) is 9.78 Å². The number of ether oxygens (including phenoxy) is 2. The molecule has 0 aliphatic rings. The van der Waals surface area contributed by atoms with E-state index in [4.69, 9.17) is 9.47 Å². The summed E-state index contributed by atoms with van der Waals surface area (Å²) in [5.74, 6) is 1.30. The number of hydrogen-bond donors (Lipinski definition) is 0. The smallest absolute Gasteiger partial charge is 0.183 e. The predicted molar refractivity (Wildman–Crippen MR) is 84.9 cm³/mol. The van der Waals surface area contributed by atoms with Crippen molar-refractivity contribution >= 4 is 5.71 Å². The summed E-state index contributed by atoms with van der Waals surface area (Å²) in [6.45, 7) is 5.78. The first kappa shape index (κ1) is 16.3. The van der Waals surface area contributed by atoms with E-state index in [1.165, 1.54) is 0 Å². The second-order valence-electron chi connectivity index (χ2n) is 5.04. The molecule has 0 N–H and O–H groups in total. The Morgan fingerprint density at radius 3 is 1.95 bits per heavy atom. The van der Waals surface area contributed by atoms with Gasteiger partial charge in [-0.25, -0.2) is 0 Å². The van der Waals surface area contributed by atoms with Crippen LogP contribution in [0.25, 0.3) is 0 Å². The maximum absolute atomic E-state index is 5.36. The van der Waals surface area contributed by atoms with E-state index < -0.39 is 0 Å². The van der Waals surface area contributed by atoms with Crippen molar-refractivity contribution in [3.8, 4) is 0 Å². The summed E-state index contributed by atoms with van der Waals surface area (Å²) in [5.41, 5.74) is 1.91. The summed E-state index contributed by atoms with van der Waals surface area (Å²) < 4.78 is 12.4. The van der Waals surface area contributed by atoms with Gasteiger partial charge in [-0.3, -0.25) is 0 Å². The molecule has 0 saturated heterocycles. The molecule has 0 spiro atoms. The van der Waals surface area contributed by atoms with E-state index in [1.54, 1.807) is 18.9 Å². The molecule has 1 aromatic heterocycles. The van der Waals surface area contributed by atoms with E-state index in [0.717, 1.165) is 11.3 Å². The summed E-state index contributed by atoms with van der Waals surface area (Å²) in [4.78, 5) is 0. The van der Waals surface area contributed by atoms with Gasteiger partial charge < -0.3 is 9.47 Å². The molecule has 6 nitrogen and oxygen atoms in total. The first-order chi connectivity index (χ1) is 10.6. The highest BCUT2D eigenvalue weighted by molar-refractivity contribution is 5.98. The first-order valence-corrected chi connectivity index (χ1v) is 7.20. The molecule has 1 heterocycles. The molecule has 2 aromatic rings. The average molecular weight is 302 g/mol. The van der Waals surface area contributed by atoms with Gasteiger partial charge in [0.05, 0.1) is 5.71 Å². The van der Waals surface area contributed by atoms with Crippen molar-refractivity contribution < 1.29 is 9.47 Å². The second kappa shape index (κ2) is 7.29. The van der Waals surface area contributed by atoms with Crippen LogP contribution >= 0.6 is 0 Å². The van der Waals surface area contributed by atoms with Crippen LogP contribution in [-0.2, 0) is 9.47 Å². The Balaban J connectivity index is 2.49. The Morgan fingerprint density at radius 1 is 1.00 bits per heavy atom. The third kappa shape index (κ3) is 3.40. The van der Waals surface area contributed by atoms with E-state index >= 15 is 0 Å². The van der Waals surface area contributed by atoms with Crippen LogP contribution in [0.5, 0.6) is 0 Å². The Hall–Kier alpha value is -2.05. The van der Waals surface area contributed by atoms with Crippen molar-refractivity contribution in [2.24, 2.45) is 5.10 Å². The number of aromatic nitrogens is 3. The zero-order valence-corrected chi connectivity index (χ0v) is 13.6. The highest BCUT2D eigenvalue weighted by atomic mass is 16.5. The van der Waals surface area contributed by atoms with E-state index in [1.807, 2.05) is 51.1 Å². The summed E-state index contributed by atoms with van der Waals surface area (Å²) in [5, 5.41) is 13.1. The molecule has 0 radical (unpaired) electrons. The van der Waals surface area contributed by atoms with Gasteiger partial charge in [0.1, 0.15) is 12.2 Å². The fourth-order valence-corrected chi connectivity index (χ4v) is 2.01. The topological polar surface area (TPSA) is 61.5 Å². The molecule has 1 aromatic carbocycles. The largest absolute Gasteiger partial charge is 0.374 e. The predicted octanol–water partition coefficient (Wildman–Crippen LogP) is 2.97. The summed E-state index contributed by atoms with van der Waals surface area (Å²) in [6.07, 6.45) is -0.421. The van der Waals surface area contributed by atoms with Crippen LogP contribution in [-0.4, -0.2) is 34.8 Å². The Morgan fingerprint density at radius 2 is 1.50 bits per heavy atom. The molecule has 0 aliphatic carbocycles. The molecular formula is C16H22N4O2. The molecule has 0 amide bonds. The van der Waals surface area contributed by atoms with Crippen molar-refractivity contribution in [3.63, 3.8) is 0 Å². The van der Waals surface area contributed by atoms with Crippen LogP contribution in [0.4, 0.5) is 0 Å². The summed E-state index contributed by atoms with van der Waals surface area (Å²) >= 11 is 0. The summed E-state index contributed by atoms with van der Waals surface area (Å²) in [7, 11) is 3.27. The molecule has 2 rings (SSSR count). The third-order valence-corrected chi connectivity index (χ3v) is 3.56. The van der Waals surface area contributed by atoms with Crippen molar-refractivity contribution in [2.75, 3.05) is 14.2 Å². The van der Waals surface area contributed by atoms with Crippen LogP contribution in [0.15, 0.2) is 35.4 Å². The van der Waals surface area contributed by atoms with Crippen LogP contribution < -0.4 is 0 Å². The zero-order valence-electron chi connectivity index (χ0n) is 13.6. The number of hydrogen-bond acceptors (Lipinski definition) is 5. The van der Waals surface area contributed by atoms with Crippen LogP contribution in [0.1, 0.15) is 50.2 Å². The highest BCUT2D eigenvalue weighted by Gasteiger charge is 2.21. The first-order valence-electron chi connectivity index (χ1n) is 7.20.